The fourth-order valence-electron chi connectivity index (χ4n) is 1.73. The van der Waals surface area contributed by atoms with E-state index in [1.165, 1.54) is 11.3 Å². The van der Waals surface area contributed by atoms with Crippen LogP contribution in [-0.4, -0.2) is 34.6 Å². The van der Waals surface area contributed by atoms with Gasteiger partial charge in [0.15, 0.2) is 0 Å². The van der Waals surface area contributed by atoms with Crippen molar-refractivity contribution in [1.29, 1.82) is 0 Å². The highest BCUT2D eigenvalue weighted by atomic mass is 32.1. The van der Waals surface area contributed by atoms with Gasteiger partial charge in [0, 0.05) is 25.4 Å². The van der Waals surface area contributed by atoms with Gasteiger partial charge in [0.05, 0.1) is 16.5 Å². The third-order valence-corrected chi connectivity index (χ3v) is 4.37. The first-order valence-electron chi connectivity index (χ1n) is 6.45. The lowest BCUT2D eigenvalue weighted by Gasteiger charge is -2.14. The maximum absolute atomic E-state index is 12.2. The van der Waals surface area contributed by atoms with Crippen molar-refractivity contribution in [2.75, 3.05) is 13.7 Å². The van der Waals surface area contributed by atoms with E-state index in [4.69, 9.17) is 5.11 Å². The first-order chi connectivity index (χ1) is 10.1. The SMILES string of the molecule is Cc1nc(C(=O)N(C)Cc2csc(C#CCCO)c2)cs1. The van der Waals surface area contributed by atoms with Gasteiger partial charge in [-0.1, -0.05) is 11.8 Å². The van der Waals surface area contributed by atoms with Gasteiger partial charge in [-0.3, -0.25) is 4.79 Å². The van der Waals surface area contributed by atoms with Crippen molar-refractivity contribution in [2.24, 2.45) is 0 Å². The summed E-state index contributed by atoms with van der Waals surface area (Å²) in [7, 11) is 1.77. The van der Waals surface area contributed by atoms with E-state index in [1.807, 2.05) is 18.4 Å². The fourth-order valence-corrected chi connectivity index (χ4v) is 3.09. The van der Waals surface area contributed by atoms with E-state index in [0.717, 1.165) is 15.4 Å². The lowest BCUT2D eigenvalue weighted by atomic mass is 10.2. The zero-order chi connectivity index (χ0) is 15.2. The van der Waals surface area contributed by atoms with E-state index in [0.29, 0.717) is 18.7 Å². The number of thiophene rings is 1. The Morgan fingerprint density at radius 3 is 2.90 bits per heavy atom. The Morgan fingerprint density at radius 2 is 2.24 bits per heavy atom. The molecule has 0 fully saturated rings. The van der Waals surface area contributed by atoms with Crippen molar-refractivity contribution < 1.29 is 9.90 Å². The standard InChI is InChI=1S/C15H16N2O2S2/c1-11-16-14(10-20-11)15(19)17(2)8-12-7-13(21-9-12)5-3-4-6-18/h7,9-10,18H,4,6,8H2,1-2H3. The van der Waals surface area contributed by atoms with Gasteiger partial charge >= 0.3 is 0 Å². The summed E-state index contributed by atoms with van der Waals surface area (Å²) in [6.07, 6.45) is 0.481. The third-order valence-electron chi connectivity index (χ3n) is 2.71. The Balaban J connectivity index is 1.98. The number of aryl methyl sites for hydroxylation is 1. The molecule has 0 unspecified atom stereocenters. The lowest BCUT2D eigenvalue weighted by molar-refractivity contribution is 0.0780. The van der Waals surface area contributed by atoms with Gasteiger partial charge in [0.2, 0.25) is 0 Å². The van der Waals surface area contributed by atoms with E-state index in [-0.39, 0.29) is 12.5 Å². The van der Waals surface area contributed by atoms with E-state index in [9.17, 15) is 4.79 Å². The summed E-state index contributed by atoms with van der Waals surface area (Å²) in [4.78, 5) is 19.0. The second kappa shape index (κ2) is 7.36. The molecule has 4 nitrogen and oxygen atoms in total. The molecule has 0 aliphatic carbocycles. The largest absolute Gasteiger partial charge is 0.395 e. The smallest absolute Gasteiger partial charge is 0.273 e. The highest BCUT2D eigenvalue weighted by Crippen LogP contribution is 2.17. The van der Waals surface area contributed by atoms with E-state index in [1.54, 1.807) is 28.7 Å². The normalized spacial score (nSPS) is 10.0. The van der Waals surface area contributed by atoms with Gasteiger partial charge in [0.25, 0.3) is 5.91 Å². The second-order valence-corrected chi connectivity index (χ2v) is 6.48. The minimum atomic E-state index is -0.0709. The predicted molar refractivity (Wildman–Crippen MR) is 85.5 cm³/mol. The molecule has 110 valence electrons. The molecule has 0 aliphatic rings. The van der Waals surface area contributed by atoms with Crippen LogP contribution in [0.4, 0.5) is 0 Å². The molecule has 2 heterocycles. The Labute approximate surface area is 132 Å². The van der Waals surface area contributed by atoms with Crippen LogP contribution in [-0.2, 0) is 6.54 Å². The minimum Gasteiger partial charge on any atom is -0.395 e. The zero-order valence-corrected chi connectivity index (χ0v) is 13.6. The van der Waals surface area contributed by atoms with Gasteiger partial charge in [-0.25, -0.2) is 4.98 Å². The third kappa shape index (κ3) is 4.39. The van der Waals surface area contributed by atoms with E-state index < -0.39 is 0 Å². The Kier molecular flexibility index (Phi) is 5.51. The van der Waals surface area contributed by atoms with Gasteiger partial charge in [-0.05, 0) is 23.9 Å². The van der Waals surface area contributed by atoms with Crippen LogP contribution in [0.3, 0.4) is 0 Å². The Morgan fingerprint density at radius 1 is 1.43 bits per heavy atom. The number of carbonyl (C=O) groups is 1. The molecule has 0 aliphatic heterocycles. The summed E-state index contributed by atoms with van der Waals surface area (Å²) in [6.45, 7) is 2.50. The van der Waals surface area contributed by atoms with Crippen molar-refractivity contribution in [1.82, 2.24) is 9.88 Å². The predicted octanol–water partition coefficient (Wildman–Crippen LogP) is 2.52. The number of amides is 1. The summed E-state index contributed by atoms with van der Waals surface area (Å²) < 4.78 is 0. The van der Waals surface area contributed by atoms with Crippen LogP contribution in [0.5, 0.6) is 0 Å². The fraction of sp³-hybridized carbons (Fsp3) is 0.333. The molecule has 2 rings (SSSR count). The highest BCUT2D eigenvalue weighted by molar-refractivity contribution is 7.10. The number of aliphatic hydroxyl groups excluding tert-OH is 1. The van der Waals surface area contributed by atoms with Crippen LogP contribution in [0.1, 0.15) is 32.4 Å². The van der Waals surface area contributed by atoms with Gasteiger partial charge in [0.1, 0.15) is 5.69 Å². The average molecular weight is 320 g/mol. The average Bonchev–Trinajstić information content (AvgIpc) is 3.07. The number of aliphatic hydroxyl groups is 1. The zero-order valence-electron chi connectivity index (χ0n) is 11.9. The van der Waals surface area contributed by atoms with Crippen molar-refractivity contribution in [3.63, 3.8) is 0 Å². The molecule has 1 amide bonds. The maximum atomic E-state index is 12.2. The first-order valence-corrected chi connectivity index (χ1v) is 8.21. The van der Waals surface area contributed by atoms with Gasteiger partial charge in [-0.15, -0.1) is 22.7 Å². The molecule has 0 saturated carbocycles. The molecule has 0 aromatic carbocycles. The molecule has 2 aromatic heterocycles. The summed E-state index contributed by atoms with van der Waals surface area (Å²) in [5.74, 6) is 5.82. The highest BCUT2D eigenvalue weighted by Gasteiger charge is 2.15. The lowest BCUT2D eigenvalue weighted by Crippen LogP contribution is -2.26. The summed E-state index contributed by atoms with van der Waals surface area (Å²) in [5.41, 5.74) is 1.55. The summed E-state index contributed by atoms with van der Waals surface area (Å²) >= 11 is 3.02. The number of hydrogen-bond donors (Lipinski definition) is 1. The molecule has 1 N–H and O–H groups in total. The number of nitrogens with zero attached hydrogens (tertiary/aromatic N) is 2. The molecular weight excluding hydrogens is 304 g/mol. The van der Waals surface area contributed by atoms with Gasteiger partial charge < -0.3 is 10.0 Å². The van der Waals surface area contributed by atoms with Crippen LogP contribution in [0.25, 0.3) is 0 Å². The van der Waals surface area contributed by atoms with E-state index in [2.05, 4.69) is 16.8 Å². The van der Waals surface area contributed by atoms with Crippen molar-refractivity contribution in [3.8, 4) is 11.8 Å². The number of thiazole rings is 1. The first kappa shape index (κ1) is 15.7. The Hall–Kier alpha value is -1.68. The number of rotatable bonds is 4. The number of aromatic nitrogens is 1. The monoisotopic (exact) mass is 320 g/mol. The van der Waals surface area contributed by atoms with Gasteiger partial charge in [-0.2, -0.15) is 0 Å². The maximum Gasteiger partial charge on any atom is 0.273 e. The molecule has 2 aromatic rings. The van der Waals surface area contributed by atoms with Crippen LogP contribution in [0, 0.1) is 18.8 Å². The molecular formula is C15H16N2O2S2. The summed E-state index contributed by atoms with van der Waals surface area (Å²) in [5, 5.41) is 13.4. The molecule has 0 radical (unpaired) electrons. The van der Waals surface area contributed by atoms with Crippen LogP contribution >= 0.6 is 22.7 Å². The molecule has 6 heteroatoms. The van der Waals surface area contributed by atoms with Crippen LogP contribution in [0.15, 0.2) is 16.8 Å². The summed E-state index contributed by atoms with van der Waals surface area (Å²) in [6, 6.07) is 1.98. The van der Waals surface area contributed by atoms with Crippen molar-refractivity contribution in [3.05, 3.63) is 38.0 Å². The molecule has 0 saturated heterocycles. The number of carbonyl (C=O) groups excluding carboxylic acids is 1. The van der Waals surface area contributed by atoms with Crippen molar-refractivity contribution in [2.45, 2.75) is 19.9 Å². The molecule has 0 atom stereocenters. The van der Waals surface area contributed by atoms with E-state index >= 15 is 0 Å². The molecule has 0 spiro atoms. The van der Waals surface area contributed by atoms with Crippen LogP contribution in [0.2, 0.25) is 0 Å². The Bertz CT molecular complexity index is 679. The second-order valence-electron chi connectivity index (χ2n) is 4.51. The van der Waals surface area contributed by atoms with Crippen LogP contribution < -0.4 is 0 Å². The molecule has 0 bridgehead atoms. The number of hydrogen-bond acceptors (Lipinski definition) is 5. The van der Waals surface area contributed by atoms with Crippen molar-refractivity contribution >= 4 is 28.6 Å². The topological polar surface area (TPSA) is 53.4 Å². The quantitative estimate of drug-likeness (QED) is 0.881. The molecule has 21 heavy (non-hydrogen) atoms. The minimum absolute atomic E-state index is 0.0709.